The van der Waals surface area contributed by atoms with Crippen LogP contribution < -0.4 is 0 Å². The van der Waals surface area contributed by atoms with Crippen LogP contribution in [0.15, 0.2) is 0 Å². The number of unbranched alkanes of at least 4 members (excludes halogenated alkanes) is 1. The molecule has 1 unspecified atom stereocenters. The highest BCUT2D eigenvalue weighted by atomic mass is 16.3. The van der Waals surface area contributed by atoms with Crippen LogP contribution in [0.3, 0.4) is 0 Å². The highest BCUT2D eigenvalue weighted by molar-refractivity contribution is 5.76. The molecule has 1 saturated heterocycles. The van der Waals surface area contributed by atoms with Gasteiger partial charge in [0.2, 0.25) is 5.91 Å². The van der Waals surface area contributed by atoms with Gasteiger partial charge >= 0.3 is 0 Å². The van der Waals surface area contributed by atoms with Crippen LogP contribution in [0.4, 0.5) is 0 Å². The molecule has 0 aliphatic carbocycles. The molecule has 1 aliphatic heterocycles. The van der Waals surface area contributed by atoms with Crippen molar-refractivity contribution in [2.75, 3.05) is 32.8 Å². The van der Waals surface area contributed by atoms with Gasteiger partial charge in [0.15, 0.2) is 0 Å². The molecule has 21 heavy (non-hydrogen) atoms. The Hall–Kier alpha value is -0.650. The molecule has 124 valence electrons. The van der Waals surface area contributed by atoms with Gasteiger partial charge in [0.1, 0.15) is 0 Å². The molecule has 1 aliphatic rings. The Kier molecular flexibility index (Phi) is 7.63. The minimum absolute atomic E-state index is 0.130. The van der Waals surface area contributed by atoms with Crippen LogP contribution in [0.2, 0.25) is 0 Å². The van der Waals surface area contributed by atoms with E-state index in [0.717, 1.165) is 32.4 Å². The maximum Gasteiger partial charge on any atom is 0.222 e. The first kappa shape index (κ1) is 18.4. The van der Waals surface area contributed by atoms with E-state index in [-0.39, 0.29) is 24.2 Å². The Balaban J connectivity index is 2.29. The van der Waals surface area contributed by atoms with Gasteiger partial charge in [-0.05, 0) is 26.7 Å². The molecule has 0 aromatic heterocycles. The average molecular weight is 300 g/mol. The van der Waals surface area contributed by atoms with Crippen molar-refractivity contribution in [1.82, 2.24) is 9.80 Å². The van der Waals surface area contributed by atoms with Crippen molar-refractivity contribution >= 4 is 5.91 Å². The van der Waals surface area contributed by atoms with E-state index in [2.05, 4.69) is 11.8 Å². The van der Waals surface area contributed by atoms with Crippen LogP contribution in [0, 0.1) is 0 Å². The minimum atomic E-state index is -0.344. The number of rotatable bonds is 8. The minimum Gasteiger partial charge on any atom is -0.394 e. The molecular weight excluding hydrogens is 268 g/mol. The summed E-state index contributed by atoms with van der Waals surface area (Å²) in [6.45, 7) is 9.31. The zero-order valence-corrected chi connectivity index (χ0v) is 13.8. The molecule has 0 aromatic carbocycles. The fourth-order valence-corrected chi connectivity index (χ4v) is 2.69. The van der Waals surface area contributed by atoms with Crippen molar-refractivity contribution in [3.8, 4) is 0 Å². The second-order valence-electron chi connectivity index (χ2n) is 6.67. The Morgan fingerprint density at radius 1 is 1.19 bits per heavy atom. The molecule has 0 saturated carbocycles. The zero-order valence-electron chi connectivity index (χ0n) is 13.8. The molecule has 0 bridgehead atoms. The summed E-state index contributed by atoms with van der Waals surface area (Å²) in [5.41, 5.74) is -0.217. The lowest BCUT2D eigenvalue weighted by Gasteiger charge is -2.43. The number of aliphatic hydroxyl groups is 2. The summed E-state index contributed by atoms with van der Waals surface area (Å²) < 4.78 is 0. The van der Waals surface area contributed by atoms with Crippen LogP contribution in [0.1, 0.15) is 52.9 Å². The van der Waals surface area contributed by atoms with E-state index < -0.39 is 0 Å². The predicted octanol–water partition coefficient (Wildman–Crippen LogP) is 1.23. The maximum absolute atomic E-state index is 12.1. The Labute approximate surface area is 128 Å². The number of carbonyl (C=O) groups excluding carboxylic acids is 1. The van der Waals surface area contributed by atoms with Gasteiger partial charge in [-0.3, -0.25) is 9.69 Å². The summed E-state index contributed by atoms with van der Waals surface area (Å²) in [4.78, 5) is 16.3. The van der Waals surface area contributed by atoms with Crippen LogP contribution in [-0.4, -0.2) is 70.3 Å². The highest BCUT2D eigenvalue weighted by Crippen LogP contribution is 2.17. The van der Waals surface area contributed by atoms with Gasteiger partial charge in [0.05, 0.1) is 12.7 Å². The first-order chi connectivity index (χ1) is 9.90. The van der Waals surface area contributed by atoms with Crippen LogP contribution >= 0.6 is 0 Å². The van der Waals surface area contributed by atoms with Gasteiger partial charge in [-0.2, -0.15) is 0 Å². The molecule has 0 spiro atoms. The molecule has 1 fully saturated rings. The largest absolute Gasteiger partial charge is 0.394 e. The van der Waals surface area contributed by atoms with Gasteiger partial charge in [-0.25, -0.2) is 0 Å². The number of hydrogen-bond acceptors (Lipinski definition) is 4. The molecule has 1 amide bonds. The van der Waals surface area contributed by atoms with E-state index in [0.29, 0.717) is 25.9 Å². The summed E-state index contributed by atoms with van der Waals surface area (Å²) in [7, 11) is 0. The number of aliphatic hydroxyl groups excluding tert-OH is 2. The summed E-state index contributed by atoms with van der Waals surface area (Å²) in [6.07, 6.45) is 3.55. The van der Waals surface area contributed by atoms with E-state index in [9.17, 15) is 15.0 Å². The Morgan fingerprint density at radius 2 is 1.81 bits per heavy atom. The van der Waals surface area contributed by atoms with E-state index in [1.165, 1.54) is 0 Å². The lowest BCUT2D eigenvalue weighted by molar-refractivity contribution is -0.134. The molecule has 0 radical (unpaired) electrons. The van der Waals surface area contributed by atoms with Crippen molar-refractivity contribution in [3.63, 3.8) is 0 Å². The Morgan fingerprint density at radius 3 is 2.33 bits per heavy atom. The molecule has 0 aromatic rings. The molecule has 1 atom stereocenters. The predicted molar refractivity (Wildman–Crippen MR) is 84.1 cm³/mol. The van der Waals surface area contributed by atoms with Gasteiger partial charge in [-0.1, -0.05) is 19.8 Å². The first-order valence-corrected chi connectivity index (χ1v) is 8.22. The van der Waals surface area contributed by atoms with Crippen LogP contribution in [0.25, 0.3) is 0 Å². The van der Waals surface area contributed by atoms with E-state index in [1.807, 2.05) is 18.7 Å². The molecule has 1 rings (SSSR count). The quantitative estimate of drug-likeness (QED) is 0.708. The first-order valence-electron chi connectivity index (χ1n) is 8.22. The zero-order chi connectivity index (χ0) is 15.9. The smallest absolute Gasteiger partial charge is 0.222 e. The van der Waals surface area contributed by atoms with Crippen molar-refractivity contribution in [3.05, 3.63) is 0 Å². The monoisotopic (exact) mass is 300 g/mol. The summed E-state index contributed by atoms with van der Waals surface area (Å²) >= 11 is 0. The third kappa shape index (κ3) is 5.93. The maximum atomic E-state index is 12.1. The lowest BCUT2D eigenvalue weighted by Crippen LogP contribution is -2.57. The van der Waals surface area contributed by atoms with Gasteiger partial charge in [0.25, 0.3) is 0 Å². The molecule has 5 heteroatoms. The molecular formula is C16H32N2O3. The van der Waals surface area contributed by atoms with Gasteiger partial charge in [0, 0.05) is 38.1 Å². The second kappa shape index (κ2) is 8.71. The van der Waals surface area contributed by atoms with Crippen molar-refractivity contribution < 1.29 is 15.0 Å². The summed E-state index contributed by atoms with van der Waals surface area (Å²) in [6, 6.07) is 0. The third-order valence-corrected chi connectivity index (χ3v) is 4.46. The third-order valence-electron chi connectivity index (χ3n) is 4.46. The fraction of sp³-hybridized carbons (Fsp3) is 0.938. The SMILES string of the molecule is CCCCC(O)CCC(=O)N1CCN(C(C)(C)CO)CC1. The summed E-state index contributed by atoms with van der Waals surface area (Å²) in [5.74, 6) is 0.145. The van der Waals surface area contributed by atoms with E-state index in [1.54, 1.807) is 0 Å². The van der Waals surface area contributed by atoms with Gasteiger partial charge in [-0.15, -0.1) is 0 Å². The molecule has 5 nitrogen and oxygen atoms in total. The molecule has 2 N–H and O–H groups in total. The van der Waals surface area contributed by atoms with Gasteiger partial charge < -0.3 is 15.1 Å². The average Bonchev–Trinajstić information content (AvgIpc) is 2.50. The number of hydrogen-bond donors (Lipinski definition) is 2. The lowest BCUT2D eigenvalue weighted by atomic mass is 10.0. The van der Waals surface area contributed by atoms with Crippen LogP contribution in [-0.2, 0) is 4.79 Å². The van der Waals surface area contributed by atoms with Crippen molar-refractivity contribution in [2.24, 2.45) is 0 Å². The fourth-order valence-electron chi connectivity index (χ4n) is 2.69. The van der Waals surface area contributed by atoms with E-state index >= 15 is 0 Å². The standard InChI is InChI=1S/C16H32N2O3/c1-4-5-6-14(20)7-8-15(21)17-9-11-18(12-10-17)16(2,3)13-19/h14,19-20H,4-13H2,1-3H3. The highest BCUT2D eigenvalue weighted by Gasteiger charge is 2.30. The van der Waals surface area contributed by atoms with Crippen molar-refractivity contribution in [1.29, 1.82) is 0 Å². The summed E-state index contributed by atoms with van der Waals surface area (Å²) in [5, 5.41) is 19.2. The molecule has 1 heterocycles. The second-order valence-corrected chi connectivity index (χ2v) is 6.67. The van der Waals surface area contributed by atoms with E-state index in [4.69, 9.17) is 0 Å². The normalized spacial score (nSPS) is 18.8. The topological polar surface area (TPSA) is 64.0 Å². The Bertz CT molecular complexity index is 313. The number of amides is 1. The van der Waals surface area contributed by atoms with Crippen molar-refractivity contribution in [2.45, 2.75) is 64.5 Å². The number of carbonyl (C=O) groups is 1. The number of piperazine rings is 1. The number of nitrogens with zero attached hydrogens (tertiary/aromatic N) is 2. The van der Waals surface area contributed by atoms with Crippen LogP contribution in [0.5, 0.6) is 0 Å².